The fraction of sp³-hybridized carbons (Fsp3) is 0.200. The van der Waals surface area contributed by atoms with Crippen molar-refractivity contribution in [3.05, 3.63) is 56.4 Å². The molecule has 10 heteroatoms. The highest BCUT2D eigenvalue weighted by Crippen LogP contribution is 2.05. The number of hydrogen-bond acceptors (Lipinski definition) is 5. The van der Waals surface area contributed by atoms with Crippen LogP contribution in [0.25, 0.3) is 10.4 Å². The summed E-state index contributed by atoms with van der Waals surface area (Å²) in [5, 5.41) is 4.33. The Labute approximate surface area is 136 Å². The van der Waals surface area contributed by atoms with Gasteiger partial charge in [-0.3, -0.25) is 0 Å². The molecule has 0 atom stereocenters. The van der Waals surface area contributed by atoms with Crippen molar-refractivity contribution in [3.63, 3.8) is 0 Å². The summed E-state index contributed by atoms with van der Waals surface area (Å²) < 4.78 is 0.826. The molecule has 7 nitrogen and oxygen atoms in total. The number of rotatable bonds is 3. The number of azide groups is 1. The minimum absolute atomic E-state index is 0.136. The van der Waals surface area contributed by atoms with Gasteiger partial charge in [-0.05, 0) is 33.6 Å². The van der Waals surface area contributed by atoms with Crippen molar-refractivity contribution in [1.82, 2.24) is 19.9 Å². The van der Waals surface area contributed by atoms with Gasteiger partial charge < -0.3 is 0 Å². The topological polar surface area (TPSA) is 100 Å². The maximum Gasteiger partial charge on any atom is 0.140 e. The monoisotopic (exact) mass is 419 g/mol. The van der Waals surface area contributed by atoms with E-state index in [9.17, 15) is 0 Å². The fourth-order valence-corrected chi connectivity index (χ4v) is 1.73. The summed E-state index contributed by atoms with van der Waals surface area (Å²) in [6.45, 7) is 0.136. The third-order valence-corrected chi connectivity index (χ3v) is 2.89. The van der Waals surface area contributed by atoms with Crippen molar-refractivity contribution in [1.29, 1.82) is 0 Å². The Bertz CT molecular complexity index is 604. The van der Waals surface area contributed by atoms with Gasteiger partial charge in [-0.15, -0.1) is 0 Å². The van der Waals surface area contributed by atoms with Gasteiger partial charge in [0.05, 0.1) is 11.9 Å². The summed E-state index contributed by atoms with van der Waals surface area (Å²) in [6, 6.07) is 3.35. The Morgan fingerprint density at radius 2 is 1.90 bits per heavy atom. The molecule has 104 valence electrons. The standard InChI is InChI=1S/C5H4Br2N2.C5H4ClN5/c6-3-5-8-2-1-4(7)9-5;6-4-1-2-8-5(10-4)3-9-11-7/h1-2H,3H2;1-2H,3H2. The van der Waals surface area contributed by atoms with Crippen LogP contribution in [0.15, 0.2) is 34.2 Å². The molecule has 0 saturated heterocycles. The lowest BCUT2D eigenvalue weighted by Gasteiger charge is -1.92. The van der Waals surface area contributed by atoms with Crippen LogP contribution in [0.5, 0.6) is 0 Å². The molecular weight excluding hydrogens is 413 g/mol. The van der Waals surface area contributed by atoms with Gasteiger partial charge in [0.2, 0.25) is 0 Å². The maximum absolute atomic E-state index is 7.97. The van der Waals surface area contributed by atoms with Crippen molar-refractivity contribution in [2.45, 2.75) is 11.9 Å². The van der Waals surface area contributed by atoms with Crippen molar-refractivity contribution in [2.24, 2.45) is 5.11 Å². The molecule has 0 N–H and O–H groups in total. The van der Waals surface area contributed by atoms with E-state index in [4.69, 9.17) is 17.1 Å². The molecule has 0 aliphatic rings. The van der Waals surface area contributed by atoms with Gasteiger partial charge >= 0.3 is 0 Å². The third kappa shape index (κ3) is 6.76. The van der Waals surface area contributed by atoms with Crippen LogP contribution in [-0.2, 0) is 11.9 Å². The van der Waals surface area contributed by atoms with Crippen LogP contribution in [0.4, 0.5) is 0 Å². The number of alkyl halides is 1. The van der Waals surface area contributed by atoms with Gasteiger partial charge in [0.25, 0.3) is 0 Å². The minimum Gasteiger partial charge on any atom is -0.241 e. The van der Waals surface area contributed by atoms with Crippen LogP contribution in [0, 0.1) is 0 Å². The Hall–Kier alpha value is -1.28. The Morgan fingerprint density at radius 1 is 1.20 bits per heavy atom. The molecule has 0 spiro atoms. The molecule has 2 rings (SSSR count). The predicted octanol–water partition coefficient (Wildman–Crippen LogP) is 4.07. The van der Waals surface area contributed by atoms with Crippen LogP contribution >= 0.6 is 43.5 Å². The summed E-state index contributed by atoms with van der Waals surface area (Å²) in [4.78, 5) is 18.2. The zero-order chi connectivity index (χ0) is 14.8. The van der Waals surface area contributed by atoms with Crippen LogP contribution in [0.3, 0.4) is 0 Å². The first-order valence-electron chi connectivity index (χ1n) is 5.17. The second-order valence-electron chi connectivity index (χ2n) is 3.11. The highest BCUT2D eigenvalue weighted by molar-refractivity contribution is 9.10. The van der Waals surface area contributed by atoms with Crippen LogP contribution in [0.2, 0.25) is 5.15 Å². The average Bonchev–Trinajstić information content (AvgIpc) is 2.46. The van der Waals surface area contributed by atoms with E-state index in [2.05, 4.69) is 61.8 Å². The molecule has 20 heavy (non-hydrogen) atoms. The second kappa shape index (κ2) is 9.60. The summed E-state index contributed by atoms with van der Waals surface area (Å²) >= 11 is 12.0. The van der Waals surface area contributed by atoms with Crippen LogP contribution in [0.1, 0.15) is 11.6 Å². The molecule has 2 heterocycles. The Kier molecular flexibility index (Phi) is 8.05. The van der Waals surface area contributed by atoms with Gasteiger partial charge in [0.1, 0.15) is 21.4 Å². The van der Waals surface area contributed by atoms with Crippen LogP contribution in [-0.4, -0.2) is 19.9 Å². The molecule has 0 saturated carbocycles. The second-order valence-corrected chi connectivity index (χ2v) is 4.87. The summed E-state index contributed by atoms with van der Waals surface area (Å²) in [7, 11) is 0. The SMILES string of the molecule is BrCc1nccc(Br)n1.[N-]=[N+]=NCc1nccc(Cl)n1. The minimum atomic E-state index is 0.136. The molecule has 0 fully saturated rings. The van der Waals surface area contributed by atoms with Crippen LogP contribution < -0.4 is 0 Å². The van der Waals surface area contributed by atoms with E-state index in [1.807, 2.05) is 0 Å². The highest BCUT2D eigenvalue weighted by atomic mass is 79.9. The molecular formula is C10H8Br2ClN7. The van der Waals surface area contributed by atoms with Gasteiger partial charge in [-0.25, -0.2) is 19.9 Å². The largest absolute Gasteiger partial charge is 0.241 e. The predicted molar refractivity (Wildman–Crippen MR) is 82.3 cm³/mol. The van der Waals surface area contributed by atoms with Crippen molar-refractivity contribution >= 4 is 43.5 Å². The van der Waals surface area contributed by atoms with Crippen molar-refractivity contribution in [3.8, 4) is 0 Å². The summed E-state index contributed by atoms with van der Waals surface area (Å²) in [5.41, 5.74) is 7.97. The van der Waals surface area contributed by atoms with E-state index in [0.29, 0.717) is 16.3 Å². The highest BCUT2D eigenvalue weighted by Gasteiger charge is 1.93. The first kappa shape index (κ1) is 16.8. The Morgan fingerprint density at radius 3 is 2.45 bits per heavy atom. The number of hydrogen-bond donors (Lipinski definition) is 0. The summed E-state index contributed by atoms with van der Waals surface area (Å²) in [6.07, 6.45) is 3.23. The zero-order valence-corrected chi connectivity index (χ0v) is 13.9. The molecule has 0 bridgehead atoms. The Balaban J connectivity index is 0.000000204. The van der Waals surface area contributed by atoms with Gasteiger partial charge in [-0.2, -0.15) is 0 Å². The molecule has 0 unspecified atom stereocenters. The van der Waals surface area contributed by atoms with E-state index in [-0.39, 0.29) is 6.54 Å². The summed E-state index contributed by atoms with van der Waals surface area (Å²) in [5.74, 6) is 1.22. The lowest BCUT2D eigenvalue weighted by molar-refractivity contribution is 0.900. The van der Waals surface area contributed by atoms with Gasteiger partial charge in [0.15, 0.2) is 0 Å². The molecule has 0 aliphatic heterocycles. The first-order chi connectivity index (χ1) is 9.65. The molecule has 0 aliphatic carbocycles. The maximum atomic E-state index is 7.97. The number of aromatic nitrogens is 4. The van der Waals surface area contributed by atoms with Gasteiger partial charge in [0, 0.05) is 17.3 Å². The quantitative estimate of drug-likeness (QED) is 0.245. The van der Waals surface area contributed by atoms with E-state index in [1.54, 1.807) is 18.3 Å². The average molecular weight is 421 g/mol. The molecule has 0 aromatic carbocycles. The van der Waals surface area contributed by atoms with E-state index >= 15 is 0 Å². The van der Waals surface area contributed by atoms with Crippen molar-refractivity contribution < 1.29 is 0 Å². The third-order valence-electron chi connectivity index (χ3n) is 1.74. The molecule has 2 aromatic heterocycles. The van der Waals surface area contributed by atoms with E-state index in [0.717, 1.165) is 10.4 Å². The van der Waals surface area contributed by atoms with E-state index in [1.165, 1.54) is 6.20 Å². The number of halogens is 3. The van der Waals surface area contributed by atoms with Crippen molar-refractivity contribution in [2.75, 3.05) is 0 Å². The molecule has 2 aromatic rings. The lowest BCUT2D eigenvalue weighted by Crippen LogP contribution is -1.90. The normalized spacial score (nSPS) is 9.15. The number of nitrogens with zero attached hydrogens (tertiary/aromatic N) is 7. The fourth-order valence-electron chi connectivity index (χ4n) is 0.984. The zero-order valence-electron chi connectivity index (χ0n) is 9.99. The first-order valence-corrected chi connectivity index (χ1v) is 7.46. The smallest absolute Gasteiger partial charge is 0.140 e. The van der Waals surface area contributed by atoms with Gasteiger partial charge in [-0.1, -0.05) is 32.6 Å². The van der Waals surface area contributed by atoms with E-state index < -0.39 is 0 Å². The molecule has 0 radical (unpaired) electrons. The molecule has 0 amide bonds. The lowest BCUT2D eigenvalue weighted by atomic mass is 10.5.